The molecule has 1 N–H and O–H groups in total. The zero-order chi connectivity index (χ0) is 15.5. The van der Waals surface area contributed by atoms with Gasteiger partial charge in [-0.2, -0.15) is 0 Å². The van der Waals surface area contributed by atoms with Gasteiger partial charge in [0.05, 0.1) is 13.3 Å². The number of methoxy groups -OCH3 is 1. The maximum absolute atomic E-state index is 11.9. The van der Waals surface area contributed by atoms with Crippen molar-refractivity contribution in [1.82, 2.24) is 10.1 Å². The first-order valence-electron chi connectivity index (χ1n) is 6.84. The predicted octanol–water partition coefficient (Wildman–Crippen LogP) is 2.05. The molecule has 7 nitrogen and oxygen atoms in total. The topological polar surface area (TPSA) is 84.7 Å². The Labute approximate surface area is 126 Å². The van der Waals surface area contributed by atoms with E-state index in [1.807, 2.05) is 18.2 Å². The molecule has 0 aliphatic carbocycles. The first-order valence-corrected chi connectivity index (χ1v) is 6.84. The van der Waals surface area contributed by atoms with Gasteiger partial charge in [0.2, 0.25) is 5.76 Å². The number of carbonyl (C=O) groups excluding carboxylic acids is 2. The number of hydrogen-bond acceptors (Lipinski definition) is 5. The van der Waals surface area contributed by atoms with Crippen molar-refractivity contribution in [1.29, 1.82) is 0 Å². The SMILES string of the molecule is COC(=O)N1CCc2ccc(NC(=O)c3ccno3)cc2C1. The number of carbonyl (C=O) groups is 2. The highest BCUT2D eigenvalue weighted by Crippen LogP contribution is 2.23. The van der Waals surface area contributed by atoms with Gasteiger partial charge in [-0.1, -0.05) is 11.2 Å². The first-order chi connectivity index (χ1) is 10.7. The molecule has 7 heteroatoms. The van der Waals surface area contributed by atoms with E-state index in [9.17, 15) is 9.59 Å². The Kier molecular flexibility index (Phi) is 3.78. The zero-order valence-electron chi connectivity index (χ0n) is 12.0. The molecule has 1 aliphatic heterocycles. The number of rotatable bonds is 2. The molecule has 0 saturated carbocycles. The van der Waals surface area contributed by atoms with Crippen LogP contribution in [0.5, 0.6) is 0 Å². The van der Waals surface area contributed by atoms with E-state index < -0.39 is 0 Å². The maximum Gasteiger partial charge on any atom is 0.409 e. The largest absolute Gasteiger partial charge is 0.453 e. The molecule has 22 heavy (non-hydrogen) atoms. The van der Waals surface area contributed by atoms with E-state index in [4.69, 9.17) is 9.26 Å². The van der Waals surface area contributed by atoms with Crippen molar-refractivity contribution in [2.24, 2.45) is 0 Å². The molecule has 0 saturated heterocycles. The summed E-state index contributed by atoms with van der Waals surface area (Å²) in [5, 5.41) is 6.25. The van der Waals surface area contributed by atoms with Crippen LogP contribution in [0.1, 0.15) is 21.7 Å². The molecule has 1 aromatic carbocycles. The first kappa shape index (κ1) is 14.1. The Hall–Kier alpha value is -2.83. The molecule has 2 amide bonds. The molecule has 0 fully saturated rings. The van der Waals surface area contributed by atoms with Crippen molar-refractivity contribution in [3.63, 3.8) is 0 Å². The predicted molar refractivity (Wildman–Crippen MR) is 77.4 cm³/mol. The van der Waals surface area contributed by atoms with Gasteiger partial charge in [0.15, 0.2) is 0 Å². The summed E-state index contributed by atoms with van der Waals surface area (Å²) in [7, 11) is 1.37. The standard InChI is InChI=1S/C15H15N3O4/c1-21-15(20)18-7-5-10-2-3-12(8-11(10)9-18)17-14(19)13-4-6-16-22-13/h2-4,6,8H,5,7,9H2,1H3,(H,17,19). The second-order valence-electron chi connectivity index (χ2n) is 4.96. The van der Waals surface area contributed by atoms with E-state index in [1.54, 1.807) is 4.90 Å². The monoisotopic (exact) mass is 301 g/mol. The van der Waals surface area contributed by atoms with Gasteiger partial charge in [0.1, 0.15) is 0 Å². The smallest absolute Gasteiger partial charge is 0.409 e. The van der Waals surface area contributed by atoms with Crippen molar-refractivity contribution in [2.75, 3.05) is 19.0 Å². The maximum atomic E-state index is 11.9. The lowest BCUT2D eigenvalue weighted by molar-refractivity contribution is 0.0987. The van der Waals surface area contributed by atoms with Gasteiger partial charge in [-0.3, -0.25) is 4.79 Å². The fourth-order valence-corrected chi connectivity index (χ4v) is 2.45. The Morgan fingerprint density at radius 3 is 2.91 bits per heavy atom. The molecule has 2 heterocycles. The highest BCUT2D eigenvalue weighted by Gasteiger charge is 2.21. The van der Waals surface area contributed by atoms with Crippen LogP contribution < -0.4 is 5.32 Å². The lowest BCUT2D eigenvalue weighted by Gasteiger charge is -2.28. The number of amides is 2. The molecule has 2 aromatic rings. The van der Waals surface area contributed by atoms with Gasteiger partial charge in [-0.15, -0.1) is 0 Å². The minimum Gasteiger partial charge on any atom is -0.453 e. The van der Waals surface area contributed by atoms with Gasteiger partial charge in [0.25, 0.3) is 5.91 Å². The van der Waals surface area contributed by atoms with Crippen LogP contribution in [-0.4, -0.2) is 35.7 Å². The molecule has 1 aromatic heterocycles. The van der Waals surface area contributed by atoms with E-state index in [0.717, 1.165) is 17.5 Å². The summed E-state index contributed by atoms with van der Waals surface area (Å²) in [6.07, 6.45) is 1.83. The zero-order valence-corrected chi connectivity index (χ0v) is 12.0. The van der Waals surface area contributed by atoms with E-state index in [2.05, 4.69) is 10.5 Å². The molecule has 114 valence electrons. The van der Waals surface area contributed by atoms with Crippen LogP contribution in [0.2, 0.25) is 0 Å². The number of hydrogen-bond donors (Lipinski definition) is 1. The summed E-state index contributed by atoms with van der Waals surface area (Å²) >= 11 is 0. The van der Waals surface area contributed by atoms with Gasteiger partial charge < -0.3 is 19.5 Å². The third kappa shape index (κ3) is 2.78. The van der Waals surface area contributed by atoms with Crippen molar-refractivity contribution < 1.29 is 18.8 Å². The summed E-state index contributed by atoms with van der Waals surface area (Å²) in [6, 6.07) is 7.15. The van der Waals surface area contributed by atoms with Crippen molar-refractivity contribution in [3.8, 4) is 0 Å². The molecule has 0 radical (unpaired) electrons. The van der Waals surface area contributed by atoms with Crippen molar-refractivity contribution >= 4 is 17.7 Å². The highest BCUT2D eigenvalue weighted by atomic mass is 16.5. The molecular formula is C15H15N3O4. The minimum atomic E-state index is -0.363. The summed E-state index contributed by atoms with van der Waals surface area (Å²) in [5.41, 5.74) is 2.80. The second-order valence-corrected chi connectivity index (χ2v) is 4.96. The lowest BCUT2D eigenvalue weighted by atomic mass is 9.99. The van der Waals surface area contributed by atoms with Crippen LogP contribution in [0.3, 0.4) is 0 Å². The molecule has 3 rings (SSSR count). The van der Waals surface area contributed by atoms with E-state index >= 15 is 0 Å². The van der Waals surface area contributed by atoms with Crippen LogP contribution in [-0.2, 0) is 17.7 Å². The van der Waals surface area contributed by atoms with Gasteiger partial charge in [0, 0.05) is 24.8 Å². The van der Waals surface area contributed by atoms with Crippen molar-refractivity contribution in [3.05, 3.63) is 47.3 Å². The third-order valence-corrected chi connectivity index (χ3v) is 3.57. The number of benzene rings is 1. The lowest BCUT2D eigenvalue weighted by Crippen LogP contribution is -2.35. The number of fused-ring (bicyclic) bond motifs is 1. The Morgan fingerprint density at radius 2 is 2.18 bits per heavy atom. The number of ether oxygens (including phenoxy) is 1. The Balaban J connectivity index is 1.76. The number of nitrogens with one attached hydrogen (secondary N) is 1. The van der Waals surface area contributed by atoms with E-state index in [1.165, 1.54) is 19.4 Å². The fraction of sp³-hybridized carbons (Fsp3) is 0.267. The average Bonchev–Trinajstić information content (AvgIpc) is 3.08. The summed E-state index contributed by atoms with van der Waals surface area (Å²) in [5.74, 6) is -0.216. The number of nitrogens with zero attached hydrogens (tertiary/aromatic N) is 2. The van der Waals surface area contributed by atoms with E-state index in [0.29, 0.717) is 18.8 Å². The van der Waals surface area contributed by atoms with Crippen LogP contribution in [0.4, 0.5) is 10.5 Å². The Bertz CT molecular complexity index is 697. The summed E-state index contributed by atoms with van der Waals surface area (Å²) in [6.45, 7) is 1.09. The van der Waals surface area contributed by atoms with E-state index in [-0.39, 0.29) is 17.8 Å². The molecule has 0 spiro atoms. The minimum absolute atomic E-state index is 0.147. The Morgan fingerprint density at radius 1 is 1.32 bits per heavy atom. The van der Waals surface area contributed by atoms with Crippen LogP contribution >= 0.6 is 0 Å². The molecule has 1 aliphatic rings. The summed E-state index contributed by atoms with van der Waals surface area (Å²) in [4.78, 5) is 25.2. The van der Waals surface area contributed by atoms with Gasteiger partial charge in [-0.05, 0) is 29.7 Å². The second kappa shape index (κ2) is 5.88. The van der Waals surface area contributed by atoms with Crippen LogP contribution in [0, 0.1) is 0 Å². The van der Waals surface area contributed by atoms with Gasteiger partial charge >= 0.3 is 6.09 Å². The quantitative estimate of drug-likeness (QED) is 0.917. The fourth-order valence-electron chi connectivity index (χ4n) is 2.45. The summed E-state index contributed by atoms with van der Waals surface area (Å²) < 4.78 is 9.56. The molecule has 0 unspecified atom stereocenters. The van der Waals surface area contributed by atoms with Crippen LogP contribution in [0.25, 0.3) is 0 Å². The van der Waals surface area contributed by atoms with Crippen molar-refractivity contribution in [2.45, 2.75) is 13.0 Å². The highest BCUT2D eigenvalue weighted by molar-refractivity contribution is 6.02. The molecule has 0 bridgehead atoms. The van der Waals surface area contributed by atoms with Crippen LogP contribution in [0.15, 0.2) is 35.0 Å². The molecular weight excluding hydrogens is 286 g/mol. The molecule has 0 atom stereocenters. The third-order valence-electron chi connectivity index (χ3n) is 3.57. The normalized spacial score (nSPS) is 13.4. The van der Waals surface area contributed by atoms with Gasteiger partial charge in [-0.25, -0.2) is 4.79 Å². The average molecular weight is 301 g/mol. The number of aromatic nitrogens is 1. The number of anilines is 1.